The zero-order valence-electron chi connectivity index (χ0n) is 13.6. The molecule has 4 heteroatoms. The van der Waals surface area contributed by atoms with Crippen molar-refractivity contribution in [1.82, 2.24) is 0 Å². The smallest absolute Gasteiger partial charge is 0.193 e. The van der Waals surface area contributed by atoms with Gasteiger partial charge in [0, 0.05) is 5.92 Å². The molecule has 0 aliphatic rings. The molecule has 0 aliphatic heterocycles. The van der Waals surface area contributed by atoms with Gasteiger partial charge in [-0.25, -0.2) is 0 Å². The second-order valence-electron chi connectivity index (χ2n) is 5.59. The number of allylic oxidation sites excluding steroid dienone is 1. The first-order chi connectivity index (χ1) is 10.0. The molecule has 0 fully saturated rings. The lowest BCUT2D eigenvalue weighted by atomic mass is 9.97. The highest BCUT2D eigenvalue weighted by Crippen LogP contribution is 2.40. The van der Waals surface area contributed by atoms with E-state index < -0.39 is 3.79 Å². The van der Waals surface area contributed by atoms with Gasteiger partial charge in [0.15, 0.2) is 3.79 Å². The number of hydrogen-bond donors (Lipinski definition) is 0. The maximum absolute atomic E-state index is 6.10. The van der Waals surface area contributed by atoms with Crippen LogP contribution < -0.4 is 0 Å². The molecule has 0 bridgehead atoms. The van der Waals surface area contributed by atoms with Crippen LogP contribution in [0.25, 0.3) is 0 Å². The summed E-state index contributed by atoms with van der Waals surface area (Å²) < 4.78 is 4.25. The molecular formula is C17H31Cl3O. The highest BCUT2D eigenvalue weighted by molar-refractivity contribution is 6.67. The molecule has 1 atom stereocenters. The van der Waals surface area contributed by atoms with Crippen molar-refractivity contribution in [1.29, 1.82) is 0 Å². The van der Waals surface area contributed by atoms with Crippen molar-refractivity contribution in [2.75, 3.05) is 6.61 Å². The average molecular weight is 358 g/mol. The number of unbranched alkanes of at least 4 members (excludes halogenated alkanes) is 5. The van der Waals surface area contributed by atoms with Crippen molar-refractivity contribution in [2.24, 2.45) is 5.92 Å². The number of ether oxygens (including phenoxy) is 1. The van der Waals surface area contributed by atoms with Crippen LogP contribution in [0.4, 0.5) is 0 Å². The van der Waals surface area contributed by atoms with Gasteiger partial charge in [-0.15, -0.1) is 0 Å². The Morgan fingerprint density at radius 1 is 0.905 bits per heavy atom. The lowest BCUT2D eigenvalue weighted by Gasteiger charge is -2.24. The quantitative estimate of drug-likeness (QED) is 0.189. The summed E-state index contributed by atoms with van der Waals surface area (Å²) in [6.45, 7) is 5.01. The van der Waals surface area contributed by atoms with Gasteiger partial charge >= 0.3 is 0 Å². The number of hydrogen-bond acceptors (Lipinski definition) is 1. The normalized spacial score (nSPS) is 13.8. The number of halogens is 3. The van der Waals surface area contributed by atoms with Crippen molar-refractivity contribution in [3.8, 4) is 0 Å². The van der Waals surface area contributed by atoms with Gasteiger partial charge in [-0.1, -0.05) is 93.3 Å². The fourth-order valence-electron chi connectivity index (χ4n) is 2.29. The number of alkyl halides is 3. The molecule has 0 saturated heterocycles. The first-order valence-corrected chi connectivity index (χ1v) is 9.49. The molecule has 21 heavy (non-hydrogen) atoms. The minimum Gasteiger partial charge on any atom is -0.502 e. The highest BCUT2D eigenvalue weighted by Gasteiger charge is 2.31. The molecule has 126 valence electrons. The second kappa shape index (κ2) is 14.0. The Balaban J connectivity index is 3.81. The maximum Gasteiger partial charge on any atom is 0.193 e. The molecule has 0 aromatic rings. The summed E-state index contributed by atoms with van der Waals surface area (Å²) in [5, 5.41) is 0. The predicted molar refractivity (Wildman–Crippen MR) is 96.4 cm³/mol. The van der Waals surface area contributed by atoms with Gasteiger partial charge in [0.05, 0.1) is 12.9 Å². The van der Waals surface area contributed by atoms with E-state index in [4.69, 9.17) is 39.5 Å². The molecule has 0 heterocycles. The van der Waals surface area contributed by atoms with Gasteiger partial charge in [0.1, 0.15) is 0 Å². The molecule has 1 unspecified atom stereocenters. The van der Waals surface area contributed by atoms with E-state index in [0.29, 0.717) is 6.61 Å². The Labute approximate surface area is 146 Å². The van der Waals surface area contributed by atoms with Gasteiger partial charge < -0.3 is 4.74 Å². The Bertz CT molecular complexity index is 249. The van der Waals surface area contributed by atoms with Crippen LogP contribution in [0.3, 0.4) is 0 Å². The molecule has 0 aromatic carbocycles. The molecule has 0 aliphatic carbocycles. The first-order valence-electron chi connectivity index (χ1n) is 8.35. The lowest BCUT2D eigenvalue weighted by molar-refractivity contribution is 0.230. The van der Waals surface area contributed by atoms with E-state index in [1.807, 2.05) is 6.08 Å². The molecule has 1 nitrogen and oxygen atoms in total. The Hall–Kier alpha value is 0.410. The SMILES string of the molecule is CCC=COCCCC(CCCCCCCC)C(Cl)(Cl)Cl. The largest absolute Gasteiger partial charge is 0.502 e. The summed E-state index contributed by atoms with van der Waals surface area (Å²) >= 11 is 18.3. The summed E-state index contributed by atoms with van der Waals surface area (Å²) in [5.74, 6) is 0.132. The molecule has 0 spiro atoms. The summed E-state index contributed by atoms with van der Waals surface area (Å²) in [7, 11) is 0. The van der Waals surface area contributed by atoms with Crippen LogP contribution in [0.5, 0.6) is 0 Å². The van der Waals surface area contributed by atoms with Crippen LogP contribution in [0.1, 0.15) is 78.1 Å². The lowest BCUT2D eigenvalue weighted by Crippen LogP contribution is -2.19. The van der Waals surface area contributed by atoms with E-state index in [0.717, 1.165) is 32.1 Å². The van der Waals surface area contributed by atoms with Crippen molar-refractivity contribution in [3.05, 3.63) is 12.3 Å². The molecule has 0 saturated carbocycles. The van der Waals surface area contributed by atoms with Crippen LogP contribution in [0.15, 0.2) is 12.3 Å². The van der Waals surface area contributed by atoms with E-state index in [9.17, 15) is 0 Å². The predicted octanol–water partition coefficient (Wildman–Crippen LogP) is 7.44. The summed E-state index contributed by atoms with van der Waals surface area (Å²) in [6, 6.07) is 0. The number of rotatable bonds is 13. The summed E-state index contributed by atoms with van der Waals surface area (Å²) in [5.41, 5.74) is 0. The molecule has 0 rings (SSSR count). The van der Waals surface area contributed by atoms with Crippen LogP contribution in [-0.4, -0.2) is 10.4 Å². The fraction of sp³-hybridized carbons (Fsp3) is 0.882. The van der Waals surface area contributed by atoms with E-state index in [2.05, 4.69) is 13.8 Å². The van der Waals surface area contributed by atoms with Crippen molar-refractivity contribution in [3.63, 3.8) is 0 Å². The topological polar surface area (TPSA) is 9.23 Å². The van der Waals surface area contributed by atoms with Crippen molar-refractivity contribution >= 4 is 34.8 Å². The third-order valence-corrected chi connectivity index (χ3v) is 4.54. The Kier molecular flexibility index (Phi) is 14.3. The minimum absolute atomic E-state index is 0.132. The molecular weight excluding hydrogens is 327 g/mol. The van der Waals surface area contributed by atoms with E-state index >= 15 is 0 Å². The first kappa shape index (κ1) is 21.4. The monoisotopic (exact) mass is 356 g/mol. The van der Waals surface area contributed by atoms with Gasteiger partial charge in [0.2, 0.25) is 0 Å². The molecule has 0 radical (unpaired) electrons. The molecule has 0 aromatic heterocycles. The van der Waals surface area contributed by atoms with E-state index in [1.165, 1.54) is 32.1 Å². The van der Waals surface area contributed by atoms with Crippen LogP contribution in [-0.2, 0) is 4.74 Å². The van der Waals surface area contributed by atoms with Crippen molar-refractivity contribution < 1.29 is 4.74 Å². The third kappa shape index (κ3) is 13.8. The zero-order chi connectivity index (χ0) is 16.0. The fourth-order valence-corrected chi connectivity index (χ4v) is 2.94. The van der Waals surface area contributed by atoms with E-state index in [-0.39, 0.29) is 5.92 Å². The zero-order valence-corrected chi connectivity index (χ0v) is 15.8. The summed E-state index contributed by atoms with van der Waals surface area (Å²) in [6.07, 6.45) is 15.2. The Morgan fingerprint density at radius 3 is 2.14 bits per heavy atom. The Morgan fingerprint density at radius 2 is 1.52 bits per heavy atom. The van der Waals surface area contributed by atoms with Gasteiger partial charge in [-0.3, -0.25) is 0 Å². The van der Waals surface area contributed by atoms with Crippen LogP contribution >= 0.6 is 34.8 Å². The average Bonchev–Trinajstić information content (AvgIpc) is 2.42. The van der Waals surface area contributed by atoms with Crippen LogP contribution in [0, 0.1) is 5.92 Å². The summed E-state index contributed by atoms with van der Waals surface area (Å²) in [4.78, 5) is 0. The van der Waals surface area contributed by atoms with Gasteiger partial charge in [-0.05, 0) is 25.7 Å². The highest BCUT2D eigenvalue weighted by atomic mass is 35.6. The second-order valence-corrected chi connectivity index (χ2v) is 7.96. The minimum atomic E-state index is -1.15. The van der Waals surface area contributed by atoms with E-state index in [1.54, 1.807) is 6.26 Å². The molecule has 0 amide bonds. The third-order valence-electron chi connectivity index (χ3n) is 3.61. The van der Waals surface area contributed by atoms with Crippen LogP contribution in [0.2, 0.25) is 0 Å². The maximum atomic E-state index is 6.10. The van der Waals surface area contributed by atoms with Crippen molar-refractivity contribution in [2.45, 2.75) is 81.8 Å². The molecule has 0 N–H and O–H groups in total. The van der Waals surface area contributed by atoms with Gasteiger partial charge in [-0.2, -0.15) is 0 Å². The standard InChI is InChI=1S/C17H31Cl3O/c1-3-5-7-8-9-10-12-16(17(18,19)20)13-11-15-21-14-6-4-2/h6,14,16H,3-5,7-13,15H2,1-2H3. The van der Waals surface area contributed by atoms with Gasteiger partial charge in [0.25, 0.3) is 0 Å².